The van der Waals surface area contributed by atoms with Crippen LogP contribution in [0.4, 0.5) is 0 Å². The molecule has 3 aromatic carbocycles. The molecule has 0 unspecified atom stereocenters. The zero-order valence-electron chi connectivity index (χ0n) is 20.9. The fraction of sp³-hybridized carbons (Fsp3) is 0.562. The highest BCUT2D eigenvalue weighted by Gasteiger charge is 2.12. The van der Waals surface area contributed by atoms with Crippen molar-refractivity contribution in [3.05, 3.63) is 60.2 Å². The molecule has 0 radical (unpaired) electrons. The van der Waals surface area contributed by atoms with E-state index in [0.29, 0.717) is 0 Å². The van der Waals surface area contributed by atoms with Gasteiger partial charge in [0.2, 0.25) is 0 Å². The average Bonchev–Trinajstić information content (AvgIpc) is 2.82. The van der Waals surface area contributed by atoms with Gasteiger partial charge in [-0.2, -0.15) is 0 Å². The molecule has 0 spiro atoms. The molecule has 32 heavy (non-hydrogen) atoms. The summed E-state index contributed by atoms with van der Waals surface area (Å²) in [5.74, 6) is 0.837. The van der Waals surface area contributed by atoms with Crippen LogP contribution in [-0.2, 0) is 6.42 Å². The van der Waals surface area contributed by atoms with Crippen LogP contribution in [0.2, 0.25) is 0 Å². The first kappa shape index (κ1) is 24.8. The smallest absolute Gasteiger partial charge is 0.0145 e. The van der Waals surface area contributed by atoms with Gasteiger partial charge in [0.15, 0.2) is 0 Å². The molecule has 0 atom stereocenters. The van der Waals surface area contributed by atoms with Crippen molar-refractivity contribution in [2.75, 3.05) is 0 Å². The minimum absolute atomic E-state index is 0.837. The van der Waals surface area contributed by atoms with Crippen LogP contribution < -0.4 is 0 Å². The van der Waals surface area contributed by atoms with Gasteiger partial charge in [0.25, 0.3) is 0 Å². The molecule has 0 N–H and O–H groups in total. The maximum absolute atomic E-state index is 2.44. The lowest BCUT2D eigenvalue weighted by Crippen LogP contribution is -2.06. The van der Waals surface area contributed by atoms with E-state index in [-0.39, 0.29) is 0 Å². The Balaban J connectivity index is 1.65. The molecule has 174 valence electrons. The molecular formula is C32H46. The first-order valence-electron chi connectivity index (χ1n) is 13.7. The van der Waals surface area contributed by atoms with Crippen molar-refractivity contribution in [1.29, 1.82) is 0 Å². The van der Waals surface area contributed by atoms with Gasteiger partial charge in [-0.05, 0) is 51.6 Å². The van der Waals surface area contributed by atoms with Gasteiger partial charge in [-0.25, -0.2) is 0 Å². The topological polar surface area (TPSA) is 0 Å². The summed E-state index contributed by atoms with van der Waals surface area (Å²) in [6.07, 6.45) is 21.0. The monoisotopic (exact) mass is 430 g/mol. The minimum Gasteiger partial charge on any atom is -0.0654 e. The van der Waals surface area contributed by atoms with Gasteiger partial charge in [-0.15, -0.1) is 0 Å². The standard InChI is InChI=1S/C32H46/c1-3-5-7-9-11-13-18-27(19-14-12-10-8-6-4-2)24-30-22-17-23-31-25-28-20-15-16-21-29(28)26-32(30)31/h15-17,20-23,25-27H,3-14,18-19,24H2,1-2H3. The van der Waals surface area contributed by atoms with Crippen molar-refractivity contribution in [2.24, 2.45) is 5.92 Å². The molecule has 0 nitrogen and oxygen atoms in total. The third-order valence-corrected chi connectivity index (χ3v) is 7.28. The number of unbranched alkanes of at least 4 members (excludes halogenated alkanes) is 10. The largest absolute Gasteiger partial charge is 0.0654 e. The van der Waals surface area contributed by atoms with E-state index in [9.17, 15) is 0 Å². The summed E-state index contributed by atoms with van der Waals surface area (Å²) in [4.78, 5) is 0. The SMILES string of the molecule is CCCCCCCCC(CCCCCCCC)Cc1cccc2cc3ccccc3cc12. The molecule has 3 rings (SSSR count). The molecule has 3 aromatic rings. The van der Waals surface area contributed by atoms with Gasteiger partial charge < -0.3 is 0 Å². The Kier molecular flexibility index (Phi) is 11.1. The zero-order valence-corrected chi connectivity index (χ0v) is 20.9. The van der Waals surface area contributed by atoms with Crippen LogP contribution >= 0.6 is 0 Å². The minimum atomic E-state index is 0.837. The van der Waals surface area contributed by atoms with Crippen molar-refractivity contribution < 1.29 is 0 Å². The van der Waals surface area contributed by atoms with E-state index in [1.807, 2.05) is 0 Å². The van der Waals surface area contributed by atoms with Gasteiger partial charge in [0.1, 0.15) is 0 Å². The van der Waals surface area contributed by atoms with E-state index in [1.54, 1.807) is 5.56 Å². The lowest BCUT2D eigenvalue weighted by atomic mass is 9.86. The molecule has 0 saturated heterocycles. The van der Waals surface area contributed by atoms with Crippen molar-refractivity contribution in [2.45, 2.75) is 110 Å². The van der Waals surface area contributed by atoms with E-state index < -0.39 is 0 Å². The fourth-order valence-electron chi connectivity index (χ4n) is 5.30. The Labute approximate surface area is 197 Å². The van der Waals surface area contributed by atoms with Crippen LogP contribution in [-0.4, -0.2) is 0 Å². The number of benzene rings is 3. The van der Waals surface area contributed by atoms with Crippen molar-refractivity contribution in [3.63, 3.8) is 0 Å². The van der Waals surface area contributed by atoms with Gasteiger partial charge in [0.05, 0.1) is 0 Å². The summed E-state index contributed by atoms with van der Waals surface area (Å²) in [5.41, 5.74) is 1.57. The zero-order chi connectivity index (χ0) is 22.4. The summed E-state index contributed by atoms with van der Waals surface area (Å²) in [7, 11) is 0. The van der Waals surface area contributed by atoms with E-state index in [4.69, 9.17) is 0 Å². The molecule has 0 heterocycles. The van der Waals surface area contributed by atoms with Crippen molar-refractivity contribution >= 4 is 21.5 Å². The van der Waals surface area contributed by atoms with Gasteiger partial charge in [-0.1, -0.05) is 146 Å². The summed E-state index contributed by atoms with van der Waals surface area (Å²) < 4.78 is 0. The Morgan fingerprint density at radius 1 is 0.531 bits per heavy atom. The van der Waals surface area contributed by atoms with E-state index in [0.717, 1.165) is 5.92 Å². The van der Waals surface area contributed by atoms with Crippen LogP contribution in [0.5, 0.6) is 0 Å². The summed E-state index contributed by atoms with van der Waals surface area (Å²) in [6.45, 7) is 4.62. The van der Waals surface area contributed by atoms with Crippen LogP contribution in [0.15, 0.2) is 54.6 Å². The summed E-state index contributed by atoms with van der Waals surface area (Å²) in [5, 5.41) is 5.60. The van der Waals surface area contributed by atoms with Gasteiger partial charge in [0, 0.05) is 0 Å². The fourth-order valence-corrected chi connectivity index (χ4v) is 5.30. The third kappa shape index (κ3) is 7.95. The lowest BCUT2D eigenvalue weighted by Gasteiger charge is -2.19. The van der Waals surface area contributed by atoms with E-state index >= 15 is 0 Å². The molecule has 0 aliphatic carbocycles. The summed E-state index contributed by atoms with van der Waals surface area (Å²) >= 11 is 0. The highest BCUT2D eigenvalue weighted by molar-refractivity contribution is 5.99. The third-order valence-electron chi connectivity index (χ3n) is 7.28. The molecule has 0 heteroatoms. The van der Waals surface area contributed by atoms with Crippen LogP contribution in [0.3, 0.4) is 0 Å². The summed E-state index contributed by atoms with van der Waals surface area (Å²) in [6, 6.07) is 20.6. The lowest BCUT2D eigenvalue weighted by molar-refractivity contribution is 0.401. The number of hydrogen-bond acceptors (Lipinski definition) is 0. The second-order valence-electron chi connectivity index (χ2n) is 10.0. The second kappa shape index (κ2) is 14.4. The molecule has 0 saturated carbocycles. The molecule has 0 amide bonds. The Morgan fingerprint density at radius 3 is 1.69 bits per heavy atom. The normalized spacial score (nSPS) is 11.7. The average molecular weight is 431 g/mol. The molecule has 0 aromatic heterocycles. The predicted octanol–water partition coefficient (Wildman–Crippen LogP) is 10.7. The second-order valence-corrected chi connectivity index (χ2v) is 10.0. The van der Waals surface area contributed by atoms with Crippen molar-refractivity contribution in [1.82, 2.24) is 0 Å². The van der Waals surface area contributed by atoms with Crippen LogP contribution in [0.1, 0.15) is 109 Å². The van der Waals surface area contributed by atoms with E-state index in [2.05, 4.69) is 68.4 Å². The Bertz CT molecular complexity index is 890. The molecular weight excluding hydrogens is 384 g/mol. The number of rotatable bonds is 16. The number of fused-ring (bicyclic) bond motifs is 2. The van der Waals surface area contributed by atoms with Gasteiger partial charge >= 0.3 is 0 Å². The maximum atomic E-state index is 2.44. The molecule has 0 fully saturated rings. The van der Waals surface area contributed by atoms with Crippen LogP contribution in [0, 0.1) is 5.92 Å². The maximum Gasteiger partial charge on any atom is -0.0145 e. The molecule has 0 bridgehead atoms. The quantitative estimate of drug-likeness (QED) is 0.156. The van der Waals surface area contributed by atoms with E-state index in [1.165, 1.54) is 118 Å². The predicted molar refractivity (Wildman–Crippen MR) is 145 cm³/mol. The highest BCUT2D eigenvalue weighted by Crippen LogP contribution is 2.30. The van der Waals surface area contributed by atoms with Crippen LogP contribution in [0.25, 0.3) is 21.5 Å². The molecule has 0 aliphatic rings. The van der Waals surface area contributed by atoms with Crippen molar-refractivity contribution in [3.8, 4) is 0 Å². The Morgan fingerprint density at radius 2 is 1.06 bits per heavy atom. The molecule has 0 aliphatic heterocycles. The Hall–Kier alpha value is -1.82. The first-order valence-corrected chi connectivity index (χ1v) is 13.7. The first-order chi connectivity index (χ1) is 15.8. The highest BCUT2D eigenvalue weighted by atomic mass is 14.2. The van der Waals surface area contributed by atoms with Gasteiger partial charge in [-0.3, -0.25) is 0 Å². The number of hydrogen-bond donors (Lipinski definition) is 0.